The number of hydrogen-bond acceptors (Lipinski definition) is 6. The number of carbonyl (C=O) groups is 3. The zero-order valence-electron chi connectivity index (χ0n) is 22.1. The summed E-state index contributed by atoms with van der Waals surface area (Å²) in [6.45, 7) is 4.12. The van der Waals surface area contributed by atoms with Crippen LogP contribution in [0, 0.1) is 0 Å². The van der Waals surface area contributed by atoms with Gasteiger partial charge in [0.05, 0.1) is 21.1 Å². The summed E-state index contributed by atoms with van der Waals surface area (Å²) in [6, 6.07) is 10.1. The molecular weight excluding hydrogens is 422 g/mol. The van der Waals surface area contributed by atoms with Gasteiger partial charge in [0, 0.05) is 39.9 Å². The molecule has 0 aliphatic carbocycles. The highest BCUT2D eigenvalue weighted by Crippen LogP contribution is 2.34. The topological polar surface area (TPSA) is 88.2 Å². The van der Waals surface area contributed by atoms with Crippen LogP contribution < -0.4 is 10.0 Å². The van der Waals surface area contributed by atoms with Gasteiger partial charge in [0.1, 0.15) is 18.4 Å². The van der Waals surface area contributed by atoms with E-state index in [1.807, 2.05) is 24.3 Å². The summed E-state index contributed by atoms with van der Waals surface area (Å²) in [5.41, 5.74) is 2.73. The fourth-order valence-corrected chi connectivity index (χ4v) is 4.19. The van der Waals surface area contributed by atoms with Crippen molar-refractivity contribution in [1.29, 1.82) is 0 Å². The second-order valence-corrected chi connectivity index (χ2v) is 8.18. The first-order chi connectivity index (χ1) is 17.6. The second-order valence-electron chi connectivity index (χ2n) is 8.18. The average molecular weight is 454 g/mol. The number of benzene rings is 2. The molecule has 5 rings (SSSR count). The minimum atomic E-state index is -2.76. The summed E-state index contributed by atoms with van der Waals surface area (Å²) >= 11 is 0. The number of carbonyl (C=O) groups excluding carboxylic acids is 3. The Morgan fingerprint density at radius 2 is 1.88 bits per heavy atom. The van der Waals surface area contributed by atoms with Gasteiger partial charge in [0.2, 0.25) is 11.8 Å². The maximum absolute atomic E-state index is 13.2. The Bertz CT molecular complexity index is 1240. The lowest BCUT2D eigenvalue weighted by Crippen LogP contribution is -2.52. The Labute approximate surface area is 198 Å². The Morgan fingerprint density at radius 3 is 2.67 bits per heavy atom. The fraction of sp³-hybridized carbons (Fsp3) is 0.400. The Hall–Kier alpha value is -3.23. The summed E-state index contributed by atoms with van der Waals surface area (Å²) in [4.78, 5) is 41.0. The monoisotopic (exact) mass is 453 g/mol. The highest BCUT2D eigenvalue weighted by molar-refractivity contribution is 6.05. The molecule has 33 heavy (non-hydrogen) atoms. The van der Waals surface area contributed by atoms with Gasteiger partial charge in [0.15, 0.2) is 1.41 Å². The van der Waals surface area contributed by atoms with Crippen LogP contribution in [0.5, 0.6) is 5.75 Å². The van der Waals surface area contributed by atoms with Crippen LogP contribution in [-0.2, 0) is 34.0 Å². The third-order valence-electron chi connectivity index (χ3n) is 5.96. The molecule has 2 aromatic carbocycles. The van der Waals surface area contributed by atoms with Crippen LogP contribution in [0.15, 0.2) is 42.5 Å². The van der Waals surface area contributed by atoms with Crippen molar-refractivity contribution < 1.29 is 29.4 Å². The van der Waals surface area contributed by atoms with Crippen LogP contribution in [-0.4, -0.2) is 59.8 Å². The van der Waals surface area contributed by atoms with Crippen molar-refractivity contribution in [3.05, 3.63) is 64.7 Å². The fourth-order valence-electron chi connectivity index (χ4n) is 4.19. The number of nitrogens with zero attached hydrogens (tertiary/aromatic N) is 2. The van der Waals surface area contributed by atoms with Crippen LogP contribution in [0.2, 0.25) is 1.41 Å². The smallest absolute Gasteiger partial charge is 0.255 e. The van der Waals surface area contributed by atoms with Gasteiger partial charge in [-0.2, -0.15) is 0 Å². The van der Waals surface area contributed by atoms with E-state index in [-0.39, 0.29) is 24.0 Å². The SMILES string of the molecule is [2H]N1C(=O)CC([2H])([2H])C([2H])(N2Cc3c(OCc4ccc(CN5CCOCC5)cc4)cccc3C2=O)C1=O. The molecule has 8 nitrogen and oxygen atoms in total. The maximum atomic E-state index is 13.2. The number of piperidine rings is 1. The van der Waals surface area contributed by atoms with Crippen molar-refractivity contribution in [2.24, 2.45) is 0 Å². The number of hydrogen-bond donors (Lipinski definition) is 1. The molecule has 3 aliphatic heterocycles. The van der Waals surface area contributed by atoms with Crippen molar-refractivity contribution in [3.8, 4) is 5.75 Å². The highest BCUT2D eigenvalue weighted by Gasteiger charge is 2.40. The molecule has 2 saturated heterocycles. The van der Waals surface area contributed by atoms with E-state index < -0.39 is 36.5 Å². The molecule has 172 valence electrons. The van der Waals surface area contributed by atoms with Crippen LogP contribution in [0.1, 0.15) is 44.0 Å². The summed E-state index contributed by atoms with van der Waals surface area (Å²) < 4.78 is 44.2. The average Bonchev–Trinajstić information content (AvgIpc) is 3.23. The lowest BCUT2D eigenvalue weighted by atomic mass is 10.0. The molecular formula is C25H27N3O5. The normalized spacial score (nSPS) is 27.0. The molecule has 0 saturated carbocycles. The van der Waals surface area contributed by atoms with Gasteiger partial charge in [-0.3, -0.25) is 24.6 Å². The highest BCUT2D eigenvalue weighted by atomic mass is 16.5. The number of nitrogens with one attached hydrogen (secondary N) is 1. The van der Waals surface area contributed by atoms with Crippen LogP contribution in [0.4, 0.5) is 0 Å². The standard InChI is InChI=1S/C25H27N3O5/c29-23-9-8-21(24(30)26-23)28-15-20-19(25(28)31)2-1-3-22(20)33-16-18-6-4-17(5-7-18)14-27-10-12-32-13-11-27/h1-7,21H,8-16H2,(H,26,29,30)/i8D2,21D/hD. The molecule has 3 heterocycles. The van der Waals surface area contributed by atoms with Gasteiger partial charge in [-0.1, -0.05) is 30.3 Å². The van der Waals surface area contributed by atoms with E-state index in [9.17, 15) is 14.4 Å². The predicted molar refractivity (Wildman–Crippen MR) is 119 cm³/mol. The van der Waals surface area contributed by atoms with Crippen molar-refractivity contribution in [2.45, 2.75) is 38.5 Å². The molecule has 1 unspecified atom stereocenters. The van der Waals surface area contributed by atoms with Crippen molar-refractivity contribution in [2.75, 3.05) is 26.3 Å². The van der Waals surface area contributed by atoms with Crippen LogP contribution in [0.25, 0.3) is 0 Å². The Balaban J connectivity index is 1.31. The van der Waals surface area contributed by atoms with Gasteiger partial charge in [0.25, 0.3) is 5.91 Å². The van der Waals surface area contributed by atoms with Crippen molar-refractivity contribution in [1.82, 2.24) is 15.1 Å². The van der Waals surface area contributed by atoms with E-state index in [4.69, 9.17) is 15.0 Å². The summed E-state index contributed by atoms with van der Waals surface area (Å²) in [5.74, 6) is -2.78. The number of fused-ring (bicyclic) bond motifs is 1. The molecule has 1 atom stereocenters. The summed E-state index contributed by atoms with van der Waals surface area (Å²) in [5, 5.41) is -0.0231. The number of amides is 3. The number of rotatable bonds is 6. The minimum Gasteiger partial charge on any atom is -0.489 e. The van der Waals surface area contributed by atoms with E-state index in [1.165, 1.54) is 11.6 Å². The minimum absolute atomic E-state index is 0.0231. The molecule has 0 radical (unpaired) electrons. The first-order valence-corrected chi connectivity index (χ1v) is 10.9. The summed E-state index contributed by atoms with van der Waals surface area (Å²) in [7, 11) is 0. The van der Waals surface area contributed by atoms with Gasteiger partial charge >= 0.3 is 0 Å². The Morgan fingerprint density at radius 1 is 1.12 bits per heavy atom. The van der Waals surface area contributed by atoms with Crippen LogP contribution >= 0.6 is 0 Å². The summed E-state index contributed by atoms with van der Waals surface area (Å²) in [6.07, 6.45) is -3.52. The quantitative estimate of drug-likeness (QED) is 0.672. The molecule has 0 spiro atoms. The van der Waals surface area contributed by atoms with Gasteiger partial charge in [-0.15, -0.1) is 0 Å². The van der Waals surface area contributed by atoms with Gasteiger partial charge in [-0.05, 0) is 29.6 Å². The van der Waals surface area contributed by atoms with Gasteiger partial charge < -0.3 is 14.4 Å². The number of morpholine rings is 1. The third-order valence-corrected chi connectivity index (χ3v) is 5.96. The van der Waals surface area contributed by atoms with Crippen LogP contribution in [0.3, 0.4) is 0 Å². The molecule has 0 aromatic heterocycles. The van der Waals surface area contributed by atoms with E-state index in [1.54, 1.807) is 12.1 Å². The molecule has 2 aromatic rings. The molecule has 3 amide bonds. The van der Waals surface area contributed by atoms with Crippen molar-refractivity contribution >= 4 is 17.7 Å². The lowest BCUT2D eigenvalue weighted by molar-refractivity contribution is -0.136. The third kappa shape index (κ3) is 4.62. The van der Waals surface area contributed by atoms with Gasteiger partial charge in [-0.25, -0.2) is 0 Å². The molecule has 2 fully saturated rings. The van der Waals surface area contributed by atoms with E-state index in [2.05, 4.69) is 4.90 Å². The number of imide groups is 1. The first kappa shape index (κ1) is 17.3. The second kappa shape index (κ2) is 9.33. The lowest BCUT2D eigenvalue weighted by Gasteiger charge is -2.29. The molecule has 0 bridgehead atoms. The first-order valence-electron chi connectivity index (χ1n) is 12.9. The van der Waals surface area contributed by atoms with E-state index in [0.29, 0.717) is 11.3 Å². The molecule has 3 aliphatic rings. The zero-order chi connectivity index (χ0) is 26.4. The van der Waals surface area contributed by atoms with Crippen molar-refractivity contribution in [3.63, 3.8) is 0 Å². The molecule has 8 heteroatoms. The van der Waals surface area contributed by atoms with E-state index in [0.717, 1.165) is 43.3 Å². The van der Waals surface area contributed by atoms with E-state index >= 15 is 0 Å². The molecule has 1 N–H and O–H groups in total. The number of ether oxygens (including phenoxy) is 2. The maximum Gasteiger partial charge on any atom is 0.255 e. The zero-order valence-corrected chi connectivity index (χ0v) is 18.1. The largest absolute Gasteiger partial charge is 0.489 e. The predicted octanol–water partition coefficient (Wildman–Crippen LogP) is 1.86. The Kier molecular flexibility index (Phi) is 4.88.